The number of aliphatic hydroxyl groups is 7. The van der Waals surface area contributed by atoms with Gasteiger partial charge < -0.3 is 108 Å². The number of amides is 2. The number of hydrogen-bond donors (Lipinski definition) is 9. The largest absolute Gasteiger partial charge is 0.726 e. The van der Waals surface area contributed by atoms with Crippen molar-refractivity contribution in [3.8, 4) is 0 Å². The first-order chi connectivity index (χ1) is 28.1. The van der Waals surface area contributed by atoms with Crippen LogP contribution < -0.4 is 20.8 Å². The minimum absolute atomic E-state index is 0.758. The van der Waals surface area contributed by atoms with Crippen LogP contribution in [0.5, 0.6) is 0 Å². The third kappa shape index (κ3) is 12.6. The fraction of sp³-hybridized carbons (Fsp3) is 0.862. The van der Waals surface area contributed by atoms with Gasteiger partial charge >= 0.3 is 0 Å². The van der Waals surface area contributed by atoms with Crippen LogP contribution >= 0.6 is 0 Å². The first-order valence-corrected chi connectivity index (χ1v) is 20.3. The molecule has 20 unspecified atom stereocenters. The highest BCUT2D eigenvalue weighted by Gasteiger charge is 2.56. The molecule has 32 heteroatoms. The predicted octanol–water partition coefficient (Wildman–Crippen LogP) is -11.9. The summed E-state index contributed by atoms with van der Waals surface area (Å²) in [6.07, 6.45) is -39.9. The molecule has 0 bridgehead atoms. The van der Waals surface area contributed by atoms with E-state index in [0.29, 0.717) is 0 Å². The van der Waals surface area contributed by atoms with E-state index >= 15 is 0 Å². The van der Waals surface area contributed by atoms with Crippen molar-refractivity contribution in [2.75, 3.05) is 13.2 Å². The Kier molecular flexibility index (Phi) is 16.8. The fourth-order valence-corrected chi connectivity index (χ4v) is 7.40. The first kappa shape index (κ1) is 50.7. The summed E-state index contributed by atoms with van der Waals surface area (Å²) in [5, 5.41) is 104. The molecule has 0 aromatic carbocycles. The maximum absolute atomic E-state index is 12.5. The zero-order valence-electron chi connectivity index (χ0n) is 31.5. The summed E-state index contributed by atoms with van der Waals surface area (Å²) in [6, 6.07) is -3.45. The number of carbonyl (C=O) groups excluding carboxylic acids is 4. The molecule has 4 heterocycles. The van der Waals surface area contributed by atoms with E-state index in [1.807, 2.05) is 0 Å². The number of rotatable bonds is 16. The minimum atomic E-state index is -5.57. The third-order valence-electron chi connectivity index (χ3n) is 9.59. The van der Waals surface area contributed by atoms with Crippen LogP contribution in [0.4, 0.5) is 0 Å². The van der Waals surface area contributed by atoms with Gasteiger partial charge in [0.05, 0.1) is 37.3 Å². The van der Waals surface area contributed by atoms with E-state index in [0.717, 1.165) is 13.8 Å². The van der Waals surface area contributed by atoms with E-state index in [1.54, 1.807) is 0 Å². The van der Waals surface area contributed by atoms with Crippen molar-refractivity contribution >= 4 is 44.6 Å². The van der Waals surface area contributed by atoms with Crippen LogP contribution in [-0.2, 0) is 81.5 Å². The van der Waals surface area contributed by atoms with Crippen LogP contribution in [0.3, 0.4) is 0 Å². The molecule has 352 valence electrons. The van der Waals surface area contributed by atoms with Crippen molar-refractivity contribution in [1.82, 2.24) is 10.6 Å². The lowest BCUT2D eigenvalue weighted by atomic mass is 9.92. The van der Waals surface area contributed by atoms with Gasteiger partial charge in [-0.1, -0.05) is 0 Å². The van der Waals surface area contributed by atoms with Gasteiger partial charge in [-0.15, -0.1) is 0 Å². The topological polar surface area (TPSA) is 478 Å². The molecule has 20 atom stereocenters. The van der Waals surface area contributed by atoms with Crippen molar-refractivity contribution in [2.24, 2.45) is 0 Å². The Labute approximate surface area is 344 Å². The Hall–Kier alpha value is -2.94. The van der Waals surface area contributed by atoms with Crippen LogP contribution in [-0.4, -0.2) is 221 Å². The van der Waals surface area contributed by atoms with Gasteiger partial charge in [0.1, 0.15) is 91.5 Å². The van der Waals surface area contributed by atoms with Crippen molar-refractivity contribution in [2.45, 2.75) is 143 Å². The molecule has 4 aliphatic heterocycles. The minimum Gasteiger partial charge on any atom is -0.726 e. The summed E-state index contributed by atoms with van der Waals surface area (Å²) in [6.45, 7) is 0.644. The van der Waals surface area contributed by atoms with E-state index < -0.39 is 180 Å². The van der Waals surface area contributed by atoms with Gasteiger partial charge in [-0.05, 0) is 6.92 Å². The SMILES string of the molecule is CC(=O)NC1C(C)OC(COS(=O)(=O)[O-])C(O)C1OC1OC(C(=O)[O-])C(OC2OC(COS(=O)(=O)[O-])C(O)C(OC3OC(C(=O)[O-])C(O)C(O)C3O)C2NC(C)=O)C(O)C1O. The van der Waals surface area contributed by atoms with Gasteiger partial charge in [0.25, 0.3) is 0 Å². The summed E-state index contributed by atoms with van der Waals surface area (Å²) in [5.74, 6) is -6.17. The lowest BCUT2D eigenvalue weighted by Gasteiger charge is -2.50. The maximum Gasteiger partial charge on any atom is 0.217 e. The standard InChI is InChI=1S/C29H46N2O28S2/c1-6-11(30-7(2)32)20(13(34)9(53-6)4-51-60(45,46)47)55-29-19(40)17(38)22(24(59-29)26(43)44)57-27-12(31-8(3)33)21(14(35)10(54-27)5-52-61(48,49)50)56-28-18(39)15(36)16(37)23(58-28)25(41)42/h6,9-24,27-29,34-40H,4-5H2,1-3H3,(H,30,32)(H,31,33)(H,41,42)(H,43,44)(H,45,46,47)(H,48,49,50)/p-4. The molecule has 9 N–H and O–H groups in total. The molecule has 0 saturated carbocycles. The van der Waals surface area contributed by atoms with Crippen molar-refractivity contribution < 1.29 is 133 Å². The monoisotopic (exact) mass is 930 g/mol. The van der Waals surface area contributed by atoms with Crippen LogP contribution in [0.1, 0.15) is 20.8 Å². The van der Waals surface area contributed by atoms with Gasteiger partial charge in [0.15, 0.2) is 18.9 Å². The number of aliphatic carboxylic acids is 2. The molecular weight excluding hydrogens is 888 g/mol. The highest BCUT2D eigenvalue weighted by molar-refractivity contribution is 7.81. The molecular formula is C29H42N2O28S2-4. The van der Waals surface area contributed by atoms with Gasteiger partial charge in [-0.2, -0.15) is 0 Å². The average molecular weight is 931 g/mol. The molecule has 0 aromatic heterocycles. The van der Waals surface area contributed by atoms with Crippen molar-refractivity contribution in [3.63, 3.8) is 0 Å². The summed E-state index contributed by atoms with van der Waals surface area (Å²) in [4.78, 5) is 48.6. The summed E-state index contributed by atoms with van der Waals surface area (Å²) in [7, 11) is -10.9. The average Bonchev–Trinajstić information content (AvgIpc) is 3.13. The highest BCUT2D eigenvalue weighted by atomic mass is 32.3. The molecule has 2 amide bonds. The number of carbonyl (C=O) groups is 4. The number of ether oxygens (including phenoxy) is 7. The van der Waals surface area contributed by atoms with Gasteiger partial charge in [-0.25, -0.2) is 16.8 Å². The second-order valence-electron chi connectivity index (χ2n) is 14.0. The second-order valence-corrected chi connectivity index (χ2v) is 16.1. The third-order valence-corrected chi connectivity index (χ3v) is 10.4. The van der Waals surface area contributed by atoms with Crippen molar-refractivity contribution in [1.29, 1.82) is 0 Å². The van der Waals surface area contributed by atoms with E-state index in [1.165, 1.54) is 6.92 Å². The molecule has 4 fully saturated rings. The van der Waals surface area contributed by atoms with E-state index in [2.05, 4.69) is 19.0 Å². The lowest BCUT2D eigenvalue weighted by Crippen LogP contribution is -2.71. The van der Waals surface area contributed by atoms with Gasteiger partial charge in [0, 0.05) is 13.8 Å². The predicted molar refractivity (Wildman–Crippen MR) is 174 cm³/mol. The first-order valence-electron chi connectivity index (χ1n) is 17.6. The molecule has 4 saturated heterocycles. The number of aliphatic hydroxyl groups excluding tert-OH is 7. The summed E-state index contributed by atoms with van der Waals surface area (Å²) in [5.41, 5.74) is 0. The fourth-order valence-electron chi connectivity index (χ4n) is 6.80. The normalized spacial score (nSPS) is 42.3. The Balaban J connectivity index is 1.68. The smallest absolute Gasteiger partial charge is 0.217 e. The van der Waals surface area contributed by atoms with E-state index in [9.17, 15) is 91.1 Å². The van der Waals surface area contributed by atoms with E-state index in [-0.39, 0.29) is 0 Å². The molecule has 0 aromatic rings. The van der Waals surface area contributed by atoms with Crippen LogP contribution in [0.15, 0.2) is 0 Å². The van der Waals surface area contributed by atoms with Crippen molar-refractivity contribution in [3.05, 3.63) is 0 Å². The van der Waals surface area contributed by atoms with Gasteiger partial charge in [-0.3, -0.25) is 18.0 Å². The molecule has 0 radical (unpaired) electrons. The number of nitrogens with one attached hydrogen (secondary N) is 2. The summed E-state index contributed by atoms with van der Waals surface area (Å²) < 4.78 is 114. The molecule has 0 aliphatic carbocycles. The molecule has 0 spiro atoms. The number of carboxylic acid groups (broad SMARTS) is 2. The second kappa shape index (κ2) is 20.3. The zero-order chi connectivity index (χ0) is 46.0. The summed E-state index contributed by atoms with van der Waals surface area (Å²) >= 11 is 0. The van der Waals surface area contributed by atoms with Gasteiger partial charge in [0.2, 0.25) is 32.6 Å². The highest BCUT2D eigenvalue weighted by Crippen LogP contribution is 2.35. The Morgan fingerprint density at radius 2 is 0.951 bits per heavy atom. The Morgan fingerprint density at radius 3 is 1.41 bits per heavy atom. The van der Waals surface area contributed by atoms with Crippen LogP contribution in [0, 0.1) is 0 Å². The Morgan fingerprint density at radius 1 is 0.541 bits per heavy atom. The van der Waals surface area contributed by atoms with Crippen LogP contribution in [0.25, 0.3) is 0 Å². The maximum atomic E-state index is 12.5. The lowest BCUT2D eigenvalue weighted by molar-refractivity contribution is -0.384. The van der Waals surface area contributed by atoms with Crippen LogP contribution in [0.2, 0.25) is 0 Å². The van der Waals surface area contributed by atoms with E-state index in [4.69, 9.17) is 33.2 Å². The molecule has 4 rings (SSSR count). The Bertz CT molecular complexity index is 1790. The zero-order valence-corrected chi connectivity index (χ0v) is 33.1. The molecule has 4 aliphatic rings. The number of hydrogen-bond acceptors (Lipinski definition) is 28. The quantitative estimate of drug-likeness (QED) is 0.0512. The molecule has 61 heavy (non-hydrogen) atoms. The molecule has 30 nitrogen and oxygen atoms in total. The number of carboxylic acids is 2.